The molecule has 4 aromatic rings. The molecule has 0 aliphatic rings. The maximum atomic E-state index is 13.2. The summed E-state index contributed by atoms with van der Waals surface area (Å²) in [4.78, 5) is 30.4. The molecule has 1 N–H and O–H groups in total. The minimum Gasteiger partial charge on any atom is -0.497 e. The molecule has 0 atom stereocenters. The Balaban J connectivity index is 1.65. The molecule has 2 aromatic heterocycles. The molecule has 6 nitrogen and oxygen atoms in total. The van der Waals surface area contributed by atoms with Gasteiger partial charge in [-0.15, -0.1) is 0 Å². The normalized spacial score (nSPS) is 10.7. The maximum absolute atomic E-state index is 13.2. The molecule has 0 spiro atoms. The Morgan fingerprint density at radius 1 is 1.00 bits per heavy atom. The number of carbonyl (C=O) groups is 1. The molecule has 0 saturated heterocycles. The van der Waals surface area contributed by atoms with E-state index in [1.165, 1.54) is 0 Å². The maximum Gasteiger partial charge on any atom is 0.265 e. The lowest BCUT2D eigenvalue weighted by atomic mass is 10.1. The molecule has 2 aromatic carbocycles. The van der Waals surface area contributed by atoms with E-state index in [0.29, 0.717) is 18.7 Å². The number of hydrogen-bond donors (Lipinski definition) is 1. The molecule has 4 rings (SSSR count). The van der Waals surface area contributed by atoms with Crippen molar-refractivity contribution in [2.45, 2.75) is 13.1 Å². The second kappa shape index (κ2) is 8.61. The van der Waals surface area contributed by atoms with Crippen LogP contribution in [0.25, 0.3) is 11.0 Å². The van der Waals surface area contributed by atoms with Gasteiger partial charge < -0.3 is 10.1 Å². The molecule has 0 aliphatic heterocycles. The fraction of sp³-hybridized carbons (Fsp3) is 0.125. The van der Waals surface area contributed by atoms with Crippen LogP contribution < -0.4 is 15.6 Å². The van der Waals surface area contributed by atoms with E-state index in [2.05, 4.69) is 10.3 Å². The third kappa shape index (κ3) is 4.07. The summed E-state index contributed by atoms with van der Waals surface area (Å²) in [5.41, 5.74) is 2.16. The lowest BCUT2D eigenvalue weighted by molar-refractivity contribution is 0.0949. The molecule has 1 amide bonds. The van der Waals surface area contributed by atoms with Gasteiger partial charge in [0.15, 0.2) is 0 Å². The first-order valence-corrected chi connectivity index (χ1v) is 9.59. The van der Waals surface area contributed by atoms with Crippen molar-refractivity contribution >= 4 is 16.9 Å². The van der Waals surface area contributed by atoms with Crippen LogP contribution in [0, 0.1) is 0 Å². The zero-order valence-corrected chi connectivity index (χ0v) is 16.5. The van der Waals surface area contributed by atoms with Crippen LogP contribution in [-0.4, -0.2) is 22.6 Å². The SMILES string of the molecule is COc1ccc(CNC(=O)c2cc3cccnc3n(Cc3ccccc3)c2=O)cc1. The highest BCUT2D eigenvalue weighted by molar-refractivity contribution is 5.96. The molecule has 6 heteroatoms. The number of nitrogens with zero attached hydrogens (tertiary/aromatic N) is 2. The number of ether oxygens (including phenoxy) is 1. The number of methoxy groups -OCH3 is 1. The number of fused-ring (bicyclic) bond motifs is 1. The molecule has 30 heavy (non-hydrogen) atoms. The van der Waals surface area contributed by atoms with Crippen molar-refractivity contribution in [2.24, 2.45) is 0 Å². The third-order valence-electron chi connectivity index (χ3n) is 4.89. The summed E-state index contributed by atoms with van der Waals surface area (Å²) in [6.07, 6.45) is 1.65. The highest BCUT2D eigenvalue weighted by atomic mass is 16.5. The number of rotatable bonds is 6. The lowest BCUT2D eigenvalue weighted by Gasteiger charge is -2.12. The summed E-state index contributed by atoms with van der Waals surface area (Å²) < 4.78 is 6.69. The number of aromatic nitrogens is 2. The molecule has 0 fully saturated rings. The predicted octanol–water partition coefficient (Wildman–Crippen LogP) is 3.38. The summed E-state index contributed by atoms with van der Waals surface area (Å²) >= 11 is 0. The number of carbonyl (C=O) groups excluding carboxylic acids is 1. The van der Waals surface area contributed by atoms with E-state index in [4.69, 9.17) is 4.74 Å². The smallest absolute Gasteiger partial charge is 0.265 e. The summed E-state index contributed by atoms with van der Waals surface area (Å²) in [5, 5.41) is 3.57. The van der Waals surface area contributed by atoms with Crippen molar-refractivity contribution in [3.8, 4) is 5.75 Å². The van der Waals surface area contributed by atoms with Crippen LogP contribution in [0.15, 0.2) is 83.8 Å². The van der Waals surface area contributed by atoms with E-state index in [1.54, 1.807) is 30.0 Å². The number of hydrogen-bond acceptors (Lipinski definition) is 4. The standard InChI is InChI=1S/C24H21N3O3/c1-30-20-11-9-17(10-12-20)15-26-23(28)21-14-19-8-5-13-25-22(19)27(24(21)29)16-18-6-3-2-4-7-18/h2-14H,15-16H2,1H3,(H,26,28). The molecule has 0 aliphatic carbocycles. The van der Waals surface area contributed by atoms with E-state index in [-0.39, 0.29) is 11.1 Å². The highest BCUT2D eigenvalue weighted by Crippen LogP contribution is 2.14. The monoisotopic (exact) mass is 399 g/mol. The fourth-order valence-corrected chi connectivity index (χ4v) is 3.30. The van der Waals surface area contributed by atoms with Crippen LogP contribution in [-0.2, 0) is 13.1 Å². The summed E-state index contributed by atoms with van der Waals surface area (Å²) in [5.74, 6) is 0.333. The number of pyridine rings is 2. The highest BCUT2D eigenvalue weighted by Gasteiger charge is 2.16. The van der Waals surface area contributed by atoms with Gasteiger partial charge in [-0.2, -0.15) is 0 Å². The lowest BCUT2D eigenvalue weighted by Crippen LogP contribution is -2.33. The molecule has 2 heterocycles. The second-order valence-corrected chi connectivity index (χ2v) is 6.88. The van der Waals surface area contributed by atoms with Crippen molar-refractivity contribution in [2.75, 3.05) is 7.11 Å². The van der Waals surface area contributed by atoms with Crippen LogP contribution >= 0.6 is 0 Å². The average molecular weight is 399 g/mol. The van der Waals surface area contributed by atoms with E-state index in [1.807, 2.05) is 60.7 Å². The van der Waals surface area contributed by atoms with Crippen molar-refractivity contribution < 1.29 is 9.53 Å². The molecule has 0 saturated carbocycles. The Kier molecular flexibility index (Phi) is 5.57. The van der Waals surface area contributed by atoms with Gasteiger partial charge in [-0.1, -0.05) is 42.5 Å². The molecule has 0 unspecified atom stereocenters. The van der Waals surface area contributed by atoms with Crippen LogP contribution in [0.3, 0.4) is 0 Å². The first kappa shape index (κ1) is 19.4. The minimum absolute atomic E-state index is 0.0972. The largest absolute Gasteiger partial charge is 0.497 e. The Morgan fingerprint density at radius 3 is 2.50 bits per heavy atom. The van der Waals surface area contributed by atoms with Gasteiger partial charge in [0.2, 0.25) is 0 Å². The van der Waals surface area contributed by atoms with Gasteiger partial charge in [-0.05, 0) is 41.5 Å². The second-order valence-electron chi connectivity index (χ2n) is 6.88. The average Bonchev–Trinajstić information content (AvgIpc) is 2.80. The van der Waals surface area contributed by atoms with Gasteiger partial charge in [0.05, 0.1) is 13.7 Å². The fourth-order valence-electron chi connectivity index (χ4n) is 3.30. The van der Waals surface area contributed by atoms with Gasteiger partial charge in [-0.25, -0.2) is 4.98 Å². The Bertz CT molecular complexity index is 1230. The first-order chi connectivity index (χ1) is 14.7. The minimum atomic E-state index is -0.414. The van der Waals surface area contributed by atoms with Crippen molar-refractivity contribution in [3.05, 3.63) is 106 Å². The van der Waals surface area contributed by atoms with E-state index >= 15 is 0 Å². The van der Waals surface area contributed by atoms with Crippen molar-refractivity contribution in [3.63, 3.8) is 0 Å². The van der Waals surface area contributed by atoms with Gasteiger partial charge in [0.25, 0.3) is 11.5 Å². The quantitative estimate of drug-likeness (QED) is 0.539. The van der Waals surface area contributed by atoms with Crippen LogP contribution in [0.2, 0.25) is 0 Å². The molecule has 150 valence electrons. The van der Waals surface area contributed by atoms with Gasteiger partial charge >= 0.3 is 0 Å². The summed E-state index contributed by atoms with van der Waals surface area (Å²) in [7, 11) is 1.60. The van der Waals surface area contributed by atoms with Gasteiger partial charge in [-0.3, -0.25) is 14.2 Å². The zero-order valence-electron chi connectivity index (χ0n) is 16.5. The third-order valence-corrected chi connectivity index (χ3v) is 4.89. The van der Waals surface area contributed by atoms with Crippen LogP contribution in [0.4, 0.5) is 0 Å². The summed E-state index contributed by atoms with van der Waals surface area (Å²) in [6, 6.07) is 22.3. The topological polar surface area (TPSA) is 73.2 Å². The Hall–Kier alpha value is -3.93. The van der Waals surface area contributed by atoms with E-state index in [9.17, 15) is 9.59 Å². The van der Waals surface area contributed by atoms with Crippen LogP contribution in [0.5, 0.6) is 5.75 Å². The summed E-state index contributed by atoms with van der Waals surface area (Å²) in [6.45, 7) is 0.652. The molecular weight excluding hydrogens is 378 g/mol. The number of amides is 1. The van der Waals surface area contributed by atoms with Crippen molar-refractivity contribution in [1.29, 1.82) is 0 Å². The first-order valence-electron chi connectivity index (χ1n) is 9.59. The van der Waals surface area contributed by atoms with E-state index < -0.39 is 5.91 Å². The molecule has 0 bridgehead atoms. The van der Waals surface area contributed by atoms with Gasteiger partial charge in [0.1, 0.15) is 17.0 Å². The Morgan fingerprint density at radius 2 is 1.77 bits per heavy atom. The van der Waals surface area contributed by atoms with Crippen LogP contribution in [0.1, 0.15) is 21.5 Å². The number of nitrogens with one attached hydrogen (secondary N) is 1. The predicted molar refractivity (Wildman–Crippen MR) is 116 cm³/mol. The van der Waals surface area contributed by atoms with Crippen molar-refractivity contribution in [1.82, 2.24) is 14.9 Å². The zero-order chi connectivity index (χ0) is 20.9. The number of benzene rings is 2. The van der Waals surface area contributed by atoms with E-state index in [0.717, 1.165) is 22.3 Å². The Labute approximate surface area is 173 Å². The van der Waals surface area contributed by atoms with Gasteiger partial charge in [0, 0.05) is 18.1 Å². The molecule has 0 radical (unpaired) electrons. The molecular formula is C24H21N3O3.